The molecule has 0 amide bonds. The van der Waals surface area contributed by atoms with Crippen molar-refractivity contribution in [3.8, 4) is 16.3 Å². The van der Waals surface area contributed by atoms with E-state index in [9.17, 15) is 0 Å². The average Bonchev–Trinajstić information content (AvgIpc) is 3.42. The molecule has 1 aromatic carbocycles. The van der Waals surface area contributed by atoms with Gasteiger partial charge in [0.1, 0.15) is 0 Å². The molecular formula is C27H32Cl2N4S2. The third-order valence-electron chi connectivity index (χ3n) is 6.31. The van der Waals surface area contributed by atoms with Crippen LogP contribution >= 0.6 is 46.8 Å². The molecule has 4 nitrogen and oxygen atoms in total. The lowest BCUT2D eigenvalue weighted by molar-refractivity contribution is 0.412. The van der Waals surface area contributed by atoms with Crippen LogP contribution in [0.4, 0.5) is 0 Å². The minimum absolute atomic E-state index is 0.469. The predicted molar refractivity (Wildman–Crippen MR) is 155 cm³/mol. The van der Waals surface area contributed by atoms with E-state index in [0.717, 1.165) is 40.4 Å². The van der Waals surface area contributed by atoms with Gasteiger partial charge in [0, 0.05) is 21.5 Å². The summed E-state index contributed by atoms with van der Waals surface area (Å²) < 4.78 is 1.94. The van der Waals surface area contributed by atoms with Crippen LogP contribution in [0.25, 0.3) is 22.3 Å². The summed E-state index contributed by atoms with van der Waals surface area (Å²) in [6.07, 6.45) is 12.9. The number of nitrogens with zero attached hydrogens (tertiary/aromatic N) is 2. The molecule has 0 atom stereocenters. The first-order chi connectivity index (χ1) is 17.0. The van der Waals surface area contributed by atoms with Gasteiger partial charge in [0.15, 0.2) is 5.11 Å². The number of nitrogens with one attached hydrogen (secondary N) is 2. The molecule has 1 saturated carbocycles. The Kier molecular flexibility index (Phi) is 9.28. The van der Waals surface area contributed by atoms with Crippen molar-refractivity contribution in [3.05, 3.63) is 62.6 Å². The summed E-state index contributed by atoms with van der Waals surface area (Å²) in [5, 5.41) is 13.7. The molecule has 8 heteroatoms. The average molecular weight is 548 g/mol. The molecule has 2 N–H and O–H groups in total. The molecule has 1 aliphatic carbocycles. The van der Waals surface area contributed by atoms with Gasteiger partial charge < -0.3 is 10.6 Å². The van der Waals surface area contributed by atoms with Crippen LogP contribution in [0, 0.1) is 6.92 Å². The largest absolute Gasteiger partial charge is 0.360 e. The SMILES string of the molecule is CCCC=Cc1ccc(-c2c(C)c(CNC(=S)NC3CCCCC3)nn2-c2ccc(Cl)cc2Cl)s1. The Morgan fingerprint density at radius 3 is 2.74 bits per heavy atom. The van der Waals surface area contributed by atoms with Gasteiger partial charge in [0.2, 0.25) is 0 Å². The lowest BCUT2D eigenvalue weighted by Gasteiger charge is -2.24. The van der Waals surface area contributed by atoms with Crippen molar-refractivity contribution in [3.63, 3.8) is 0 Å². The van der Waals surface area contributed by atoms with E-state index in [0.29, 0.717) is 27.7 Å². The number of hydrogen-bond acceptors (Lipinski definition) is 3. The summed E-state index contributed by atoms with van der Waals surface area (Å²) in [6, 6.07) is 10.3. The number of allylic oxidation sites excluding steroid dienone is 1. The quantitative estimate of drug-likeness (QED) is 0.278. The number of thiocarbonyl (C=S) groups is 1. The number of rotatable bonds is 8. The fraction of sp³-hybridized carbons (Fsp3) is 0.407. The zero-order chi connectivity index (χ0) is 24.8. The topological polar surface area (TPSA) is 41.9 Å². The molecule has 0 unspecified atom stereocenters. The van der Waals surface area contributed by atoms with E-state index in [1.807, 2.05) is 16.8 Å². The molecule has 0 radical (unpaired) electrons. The Morgan fingerprint density at radius 1 is 1.20 bits per heavy atom. The van der Waals surface area contributed by atoms with Gasteiger partial charge in [-0.25, -0.2) is 4.68 Å². The molecule has 0 bridgehead atoms. The van der Waals surface area contributed by atoms with Gasteiger partial charge in [-0.2, -0.15) is 5.10 Å². The monoisotopic (exact) mass is 546 g/mol. The molecule has 2 aromatic heterocycles. The van der Waals surface area contributed by atoms with E-state index in [4.69, 9.17) is 40.5 Å². The maximum Gasteiger partial charge on any atom is 0.166 e. The maximum atomic E-state index is 6.61. The van der Waals surface area contributed by atoms with Gasteiger partial charge in [-0.1, -0.05) is 61.9 Å². The molecule has 35 heavy (non-hydrogen) atoms. The molecule has 4 rings (SSSR count). The highest BCUT2D eigenvalue weighted by molar-refractivity contribution is 7.80. The van der Waals surface area contributed by atoms with Crippen molar-refractivity contribution in [1.29, 1.82) is 0 Å². The number of unbranched alkanes of at least 4 members (excludes halogenated alkanes) is 1. The molecule has 1 fully saturated rings. The van der Waals surface area contributed by atoms with Crippen molar-refractivity contribution < 1.29 is 0 Å². The van der Waals surface area contributed by atoms with Gasteiger partial charge >= 0.3 is 0 Å². The minimum atomic E-state index is 0.469. The van der Waals surface area contributed by atoms with Gasteiger partial charge in [0.05, 0.1) is 33.5 Å². The van der Waals surface area contributed by atoms with E-state index < -0.39 is 0 Å². The minimum Gasteiger partial charge on any atom is -0.360 e. The highest BCUT2D eigenvalue weighted by Gasteiger charge is 2.21. The highest BCUT2D eigenvalue weighted by Crippen LogP contribution is 2.36. The fourth-order valence-corrected chi connectivity index (χ4v) is 6.16. The number of halogens is 2. The van der Waals surface area contributed by atoms with Crippen molar-refractivity contribution in [1.82, 2.24) is 20.4 Å². The summed E-state index contributed by atoms with van der Waals surface area (Å²) >= 11 is 20.1. The van der Waals surface area contributed by atoms with Crippen LogP contribution in [0.3, 0.4) is 0 Å². The van der Waals surface area contributed by atoms with E-state index in [1.54, 1.807) is 17.4 Å². The molecule has 0 aliphatic heterocycles. The zero-order valence-corrected chi connectivity index (χ0v) is 23.4. The molecule has 0 spiro atoms. The Bertz CT molecular complexity index is 1190. The lowest BCUT2D eigenvalue weighted by atomic mass is 9.96. The summed E-state index contributed by atoms with van der Waals surface area (Å²) in [7, 11) is 0. The zero-order valence-electron chi connectivity index (χ0n) is 20.2. The van der Waals surface area contributed by atoms with Gasteiger partial charge in [-0.05, 0) is 74.8 Å². The fourth-order valence-electron chi connectivity index (χ4n) is 4.41. The number of hydrogen-bond donors (Lipinski definition) is 2. The predicted octanol–water partition coefficient (Wildman–Crippen LogP) is 8.33. The van der Waals surface area contributed by atoms with Crippen LogP contribution in [0.1, 0.15) is 68.0 Å². The van der Waals surface area contributed by atoms with E-state index in [-0.39, 0.29) is 0 Å². The standard InChI is InChI=1S/C27H32Cl2N4S2/c1-3-4-6-11-21-13-15-25(35-21)26-18(2)23(17-30-27(34)31-20-9-7-5-8-10-20)32-33(26)24-14-12-19(28)16-22(24)29/h6,11-16,20H,3-5,7-10,17H2,1-2H3,(H2,30,31,34). The Labute approximate surface area is 227 Å². The van der Waals surface area contributed by atoms with E-state index >= 15 is 0 Å². The lowest BCUT2D eigenvalue weighted by Crippen LogP contribution is -2.42. The Hall–Kier alpha value is -1.86. The first-order valence-electron chi connectivity index (χ1n) is 12.3. The summed E-state index contributed by atoms with van der Waals surface area (Å²) in [5.41, 5.74) is 3.89. The van der Waals surface area contributed by atoms with Gasteiger partial charge in [0.25, 0.3) is 0 Å². The van der Waals surface area contributed by atoms with E-state index in [1.165, 1.54) is 37.0 Å². The van der Waals surface area contributed by atoms with Gasteiger partial charge in [-0.15, -0.1) is 11.3 Å². The Morgan fingerprint density at radius 2 is 2.00 bits per heavy atom. The highest BCUT2D eigenvalue weighted by atomic mass is 35.5. The number of benzene rings is 1. The van der Waals surface area contributed by atoms with Crippen molar-refractivity contribution in [2.24, 2.45) is 0 Å². The normalized spacial score (nSPS) is 14.5. The number of thiophene rings is 1. The summed E-state index contributed by atoms with van der Waals surface area (Å²) in [5.74, 6) is 0. The Balaban J connectivity index is 1.62. The first-order valence-corrected chi connectivity index (χ1v) is 14.3. The van der Waals surface area contributed by atoms with Crippen molar-refractivity contribution in [2.45, 2.75) is 71.4 Å². The molecule has 186 valence electrons. The first kappa shape index (κ1) is 26.2. The van der Waals surface area contributed by atoms with Crippen LogP contribution in [0.15, 0.2) is 36.4 Å². The van der Waals surface area contributed by atoms with Crippen LogP contribution < -0.4 is 10.6 Å². The third-order valence-corrected chi connectivity index (χ3v) is 8.17. The van der Waals surface area contributed by atoms with Crippen LogP contribution in [-0.4, -0.2) is 20.9 Å². The van der Waals surface area contributed by atoms with E-state index in [2.05, 4.69) is 48.8 Å². The summed E-state index contributed by atoms with van der Waals surface area (Å²) in [4.78, 5) is 2.37. The second-order valence-electron chi connectivity index (χ2n) is 8.98. The van der Waals surface area contributed by atoms with Crippen LogP contribution in [-0.2, 0) is 6.54 Å². The second kappa shape index (κ2) is 12.4. The second-order valence-corrected chi connectivity index (χ2v) is 11.4. The van der Waals surface area contributed by atoms with Crippen molar-refractivity contribution >= 4 is 57.9 Å². The van der Waals surface area contributed by atoms with Gasteiger partial charge in [-0.3, -0.25) is 0 Å². The van der Waals surface area contributed by atoms with Crippen LogP contribution in [0.2, 0.25) is 10.0 Å². The van der Waals surface area contributed by atoms with Crippen molar-refractivity contribution in [2.75, 3.05) is 0 Å². The molecule has 3 aromatic rings. The van der Waals surface area contributed by atoms with Crippen LogP contribution in [0.5, 0.6) is 0 Å². The molecule has 0 saturated heterocycles. The molecule has 2 heterocycles. The number of aromatic nitrogens is 2. The summed E-state index contributed by atoms with van der Waals surface area (Å²) in [6.45, 7) is 4.85. The third kappa shape index (κ3) is 6.67. The smallest absolute Gasteiger partial charge is 0.166 e. The molecule has 1 aliphatic rings. The molecular weight excluding hydrogens is 515 g/mol. The maximum absolute atomic E-state index is 6.61.